The van der Waals surface area contributed by atoms with E-state index in [0.717, 1.165) is 6.04 Å². The molecule has 0 aromatic heterocycles. The Hall–Kier alpha value is -0.0800. The molecule has 2 heteroatoms. The standard InChI is InChI=1S/C15H30N2/c1-2-7-13-17(12-6-1)14-8-11-16-15-9-4-3-5-10-15/h15-16H,1-14H2. The van der Waals surface area contributed by atoms with Crippen molar-refractivity contribution in [1.82, 2.24) is 10.2 Å². The second-order valence-electron chi connectivity index (χ2n) is 5.90. The average Bonchev–Trinajstić information content (AvgIpc) is 2.65. The summed E-state index contributed by atoms with van der Waals surface area (Å²) in [7, 11) is 0. The van der Waals surface area contributed by atoms with Crippen LogP contribution in [0.25, 0.3) is 0 Å². The van der Waals surface area contributed by atoms with Gasteiger partial charge in [-0.2, -0.15) is 0 Å². The van der Waals surface area contributed by atoms with E-state index in [1.165, 1.54) is 90.4 Å². The van der Waals surface area contributed by atoms with Gasteiger partial charge in [-0.25, -0.2) is 0 Å². The van der Waals surface area contributed by atoms with Crippen molar-refractivity contribution in [2.75, 3.05) is 26.2 Å². The summed E-state index contributed by atoms with van der Waals surface area (Å²) in [5.74, 6) is 0. The number of rotatable bonds is 5. The summed E-state index contributed by atoms with van der Waals surface area (Å²) in [4.78, 5) is 2.68. The first-order valence-electron chi connectivity index (χ1n) is 7.91. The molecule has 0 aromatic rings. The lowest BCUT2D eigenvalue weighted by Gasteiger charge is -2.24. The van der Waals surface area contributed by atoms with Gasteiger partial charge >= 0.3 is 0 Å². The Morgan fingerprint density at radius 3 is 2.18 bits per heavy atom. The summed E-state index contributed by atoms with van der Waals surface area (Å²) < 4.78 is 0. The summed E-state index contributed by atoms with van der Waals surface area (Å²) in [5, 5.41) is 3.75. The van der Waals surface area contributed by atoms with Gasteiger partial charge in [0.25, 0.3) is 0 Å². The van der Waals surface area contributed by atoms with Crippen LogP contribution in [0.1, 0.15) is 64.2 Å². The summed E-state index contributed by atoms with van der Waals surface area (Å²) in [6.07, 6.45) is 14.3. The van der Waals surface area contributed by atoms with E-state index < -0.39 is 0 Å². The third kappa shape index (κ3) is 5.39. The Balaban J connectivity index is 1.49. The van der Waals surface area contributed by atoms with E-state index in [4.69, 9.17) is 0 Å². The zero-order chi connectivity index (χ0) is 11.8. The Morgan fingerprint density at radius 1 is 0.824 bits per heavy atom. The molecule has 17 heavy (non-hydrogen) atoms. The topological polar surface area (TPSA) is 15.3 Å². The van der Waals surface area contributed by atoms with Gasteiger partial charge in [0.1, 0.15) is 0 Å². The number of nitrogens with one attached hydrogen (secondary N) is 1. The maximum absolute atomic E-state index is 3.75. The van der Waals surface area contributed by atoms with Gasteiger partial charge < -0.3 is 10.2 Å². The minimum absolute atomic E-state index is 0.841. The third-order valence-electron chi connectivity index (χ3n) is 4.39. The fourth-order valence-electron chi connectivity index (χ4n) is 3.28. The Morgan fingerprint density at radius 2 is 1.47 bits per heavy atom. The molecule has 1 saturated heterocycles. The van der Waals surface area contributed by atoms with Crippen LogP contribution in [0.5, 0.6) is 0 Å². The van der Waals surface area contributed by atoms with Crippen LogP contribution in [0.15, 0.2) is 0 Å². The predicted molar refractivity (Wildman–Crippen MR) is 74.4 cm³/mol. The van der Waals surface area contributed by atoms with E-state index in [-0.39, 0.29) is 0 Å². The van der Waals surface area contributed by atoms with Crippen molar-refractivity contribution in [2.45, 2.75) is 70.3 Å². The molecule has 0 atom stereocenters. The lowest BCUT2D eigenvalue weighted by molar-refractivity contribution is 0.274. The van der Waals surface area contributed by atoms with Gasteiger partial charge in [0, 0.05) is 6.04 Å². The molecule has 2 fully saturated rings. The van der Waals surface area contributed by atoms with Crippen LogP contribution in [-0.2, 0) is 0 Å². The smallest absolute Gasteiger partial charge is 0.00670 e. The normalized spacial score (nSPS) is 24.7. The molecule has 2 rings (SSSR count). The first-order chi connectivity index (χ1) is 8.45. The predicted octanol–water partition coefficient (Wildman–Crippen LogP) is 3.17. The largest absolute Gasteiger partial charge is 0.314 e. The zero-order valence-corrected chi connectivity index (χ0v) is 11.4. The highest BCUT2D eigenvalue weighted by Gasteiger charge is 2.12. The average molecular weight is 238 g/mol. The maximum Gasteiger partial charge on any atom is 0.00670 e. The summed E-state index contributed by atoms with van der Waals surface area (Å²) in [5.41, 5.74) is 0. The molecule has 2 nitrogen and oxygen atoms in total. The third-order valence-corrected chi connectivity index (χ3v) is 4.39. The fourth-order valence-corrected chi connectivity index (χ4v) is 3.28. The van der Waals surface area contributed by atoms with Crippen molar-refractivity contribution in [1.29, 1.82) is 0 Å². The molecule has 0 aromatic carbocycles. The van der Waals surface area contributed by atoms with E-state index in [1.54, 1.807) is 0 Å². The first-order valence-corrected chi connectivity index (χ1v) is 7.91. The van der Waals surface area contributed by atoms with Crippen LogP contribution in [0.3, 0.4) is 0 Å². The molecule has 100 valence electrons. The second kappa shape index (κ2) is 8.10. The van der Waals surface area contributed by atoms with E-state index in [1.807, 2.05) is 0 Å². The van der Waals surface area contributed by atoms with Crippen LogP contribution in [0.4, 0.5) is 0 Å². The van der Waals surface area contributed by atoms with Crippen molar-refractivity contribution in [3.05, 3.63) is 0 Å². The lowest BCUT2D eigenvalue weighted by Crippen LogP contribution is -2.34. The van der Waals surface area contributed by atoms with Crippen molar-refractivity contribution >= 4 is 0 Å². The fraction of sp³-hybridized carbons (Fsp3) is 1.00. The Kier molecular flexibility index (Phi) is 6.36. The SMILES string of the molecule is C1CCC(NCCCN2CCCCCC2)CC1. The van der Waals surface area contributed by atoms with Crippen molar-refractivity contribution < 1.29 is 0 Å². The number of hydrogen-bond acceptors (Lipinski definition) is 2. The Bertz CT molecular complexity index is 179. The quantitative estimate of drug-likeness (QED) is 0.740. The van der Waals surface area contributed by atoms with Gasteiger partial charge in [-0.05, 0) is 58.3 Å². The summed E-state index contributed by atoms with van der Waals surface area (Å²) in [6, 6.07) is 0.841. The molecular formula is C15H30N2. The number of hydrogen-bond donors (Lipinski definition) is 1. The second-order valence-corrected chi connectivity index (χ2v) is 5.90. The maximum atomic E-state index is 3.75. The van der Waals surface area contributed by atoms with Crippen LogP contribution >= 0.6 is 0 Å². The van der Waals surface area contributed by atoms with E-state index in [0.29, 0.717) is 0 Å². The van der Waals surface area contributed by atoms with Crippen LogP contribution in [0, 0.1) is 0 Å². The van der Waals surface area contributed by atoms with Gasteiger partial charge in [-0.3, -0.25) is 0 Å². The zero-order valence-electron chi connectivity index (χ0n) is 11.4. The molecule has 0 unspecified atom stereocenters. The van der Waals surface area contributed by atoms with E-state index in [2.05, 4.69) is 10.2 Å². The Labute approximate surface area is 107 Å². The van der Waals surface area contributed by atoms with Gasteiger partial charge in [-0.1, -0.05) is 32.1 Å². The van der Waals surface area contributed by atoms with Crippen molar-refractivity contribution in [3.63, 3.8) is 0 Å². The van der Waals surface area contributed by atoms with Gasteiger partial charge in [0.2, 0.25) is 0 Å². The monoisotopic (exact) mass is 238 g/mol. The molecule has 2 aliphatic rings. The molecule has 1 N–H and O–H groups in total. The van der Waals surface area contributed by atoms with Crippen LogP contribution in [-0.4, -0.2) is 37.1 Å². The first kappa shape index (κ1) is 13.4. The number of likely N-dealkylation sites (tertiary alicyclic amines) is 1. The van der Waals surface area contributed by atoms with Gasteiger partial charge in [0.15, 0.2) is 0 Å². The molecule has 1 heterocycles. The molecule has 0 bridgehead atoms. The lowest BCUT2D eigenvalue weighted by atomic mass is 9.95. The highest BCUT2D eigenvalue weighted by atomic mass is 15.1. The molecule has 0 amide bonds. The van der Waals surface area contributed by atoms with Gasteiger partial charge in [0.05, 0.1) is 0 Å². The summed E-state index contributed by atoms with van der Waals surface area (Å²) in [6.45, 7) is 5.26. The van der Waals surface area contributed by atoms with Crippen molar-refractivity contribution in [2.24, 2.45) is 0 Å². The summed E-state index contributed by atoms with van der Waals surface area (Å²) >= 11 is 0. The number of nitrogens with zero attached hydrogens (tertiary/aromatic N) is 1. The highest BCUT2D eigenvalue weighted by Crippen LogP contribution is 2.17. The minimum Gasteiger partial charge on any atom is -0.314 e. The molecular weight excluding hydrogens is 208 g/mol. The molecule has 0 radical (unpaired) electrons. The molecule has 0 spiro atoms. The van der Waals surface area contributed by atoms with Crippen molar-refractivity contribution in [3.8, 4) is 0 Å². The van der Waals surface area contributed by atoms with Gasteiger partial charge in [-0.15, -0.1) is 0 Å². The van der Waals surface area contributed by atoms with Crippen LogP contribution in [0.2, 0.25) is 0 Å². The molecule has 1 aliphatic carbocycles. The molecule has 1 saturated carbocycles. The van der Waals surface area contributed by atoms with E-state index >= 15 is 0 Å². The highest BCUT2D eigenvalue weighted by molar-refractivity contribution is 4.72. The molecule has 1 aliphatic heterocycles. The van der Waals surface area contributed by atoms with E-state index in [9.17, 15) is 0 Å². The van der Waals surface area contributed by atoms with Crippen LogP contribution < -0.4 is 5.32 Å². The minimum atomic E-state index is 0.841.